The fourth-order valence-corrected chi connectivity index (χ4v) is 0. The minimum atomic E-state index is -0.750. The fraction of sp³-hybridized carbons (Fsp3) is 1.00. The van der Waals surface area contributed by atoms with Crippen molar-refractivity contribution in [2.24, 2.45) is 0 Å². The quantitative estimate of drug-likeness (QED) is 0.475. The van der Waals surface area contributed by atoms with Crippen LogP contribution in [0.5, 0.6) is 0 Å². The lowest BCUT2D eigenvalue weighted by Gasteiger charge is -1.69. The van der Waals surface area contributed by atoms with Gasteiger partial charge in [-0.25, -0.2) is 0 Å². The van der Waals surface area contributed by atoms with E-state index in [4.69, 9.17) is 34.8 Å². The Morgan fingerprint density at radius 3 is 1.00 bits per heavy atom. The van der Waals surface area contributed by atoms with Gasteiger partial charge in [0.15, 0.2) is 4.30 Å². The van der Waals surface area contributed by atoms with Gasteiger partial charge in [0.2, 0.25) is 0 Å². The van der Waals surface area contributed by atoms with Crippen LogP contribution >= 0.6 is 34.8 Å². The molecule has 0 radical (unpaired) electrons. The van der Waals surface area contributed by atoms with Gasteiger partial charge in [0, 0.05) is 0 Å². The molecule has 0 aliphatic carbocycles. The molecule has 0 saturated carbocycles. The molecule has 0 bridgehead atoms. The third-order valence-corrected chi connectivity index (χ3v) is 0. The molecule has 6 heavy (non-hydrogen) atoms. The molecule has 0 aromatic heterocycles. The highest BCUT2D eigenvalue weighted by molar-refractivity contribution is 6.63. The van der Waals surface area contributed by atoms with Crippen molar-refractivity contribution in [2.45, 2.75) is 11.7 Å². The minimum Gasteiger partial charge on any atom is -0.412 e. The summed E-state index contributed by atoms with van der Waals surface area (Å²) in [4.78, 5) is 0. The van der Waals surface area contributed by atoms with Crippen LogP contribution in [0, 0.1) is 0 Å². The van der Waals surface area contributed by atoms with Crippen molar-refractivity contribution < 1.29 is 5.48 Å². The lowest BCUT2D eigenvalue weighted by Crippen LogP contribution is -1.55. The molecule has 0 saturated heterocycles. The molecule has 0 atom stereocenters. The molecule has 0 aromatic carbocycles. The summed E-state index contributed by atoms with van der Waals surface area (Å²) in [6.45, 7) is 0. The molecule has 0 aliphatic heterocycles. The van der Waals surface area contributed by atoms with Crippen molar-refractivity contribution in [2.75, 3.05) is 0 Å². The molecule has 42 valence electrons. The van der Waals surface area contributed by atoms with E-state index in [0.29, 0.717) is 0 Å². The highest BCUT2D eigenvalue weighted by Gasteiger charge is 1.78. The van der Waals surface area contributed by atoms with Crippen LogP contribution in [0.1, 0.15) is 7.43 Å². The van der Waals surface area contributed by atoms with E-state index in [1.807, 2.05) is 0 Å². The predicted octanol–water partition coefficient (Wildman–Crippen LogP) is 1.80. The van der Waals surface area contributed by atoms with Gasteiger partial charge >= 0.3 is 0 Å². The van der Waals surface area contributed by atoms with Crippen LogP contribution in [-0.4, -0.2) is 9.77 Å². The van der Waals surface area contributed by atoms with Gasteiger partial charge in [0.1, 0.15) is 0 Å². The summed E-state index contributed by atoms with van der Waals surface area (Å²) in [5.41, 5.74) is 0. The van der Waals surface area contributed by atoms with Crippen molar-refractivity contribution in [3.63, 3.8) is 0 Å². The first kappa shape index (κ1) is 15.8. The Morgan fingerprint density at radius 1 is 1.00 bits per heavy atom. The Morgan fingerprint density at radius 2 is 1.00 bits per heavy atom. The van der Waals surface area contributed by atoms with Gasteiger partial charge in [-0.2, -0.15) is 0 Å². The van der Waals surface area contributed by atoms with Crippen LogP contribution in [0.3, 0.4) is 0 Å². The number of hydrogen-bond donors (Lipinski definition) is 0. The minimum absolute atomic E-state index is 0. The maximum Gasteiger partial charge on any atom is 0.180 e. The maximum atomic E-state index is 4.81. The van der Waals surface area contributed by atoms with E-state index in [0.717, 1.165) is 0 Å². The summed E-state index contributed by atoms with van der Waals surface area (Å²) in [6.07, 6.45) is 0. The first-order chi connectivity index (χ1) is 1.73. The van der Waals surface area contributed by atoms with E-state index in [-0.39, 0.29) is 12.9 Å². The largest absolute Gasteiger partial charge is 0.412 e. The lowest BCUT2D eigenvalue weighted by atomic mass is 11.9. The third-order valence-electron chi connectivity index (χ3n) is 0. The monoisotopic (exact) mass is 152 g/mol. The zero-order valence-corrected chi connectivity index (χ0v) is 4.48. The second kappa shape index (κ2) is 9.27. The van der Waals surface area contributed by atoms with Crippen LogP contribution in [-0.2, 0) is 0 Å². The normalized spacial score (nSPS) is 6.00. The van der Waals surface area contributed by atoms with E-state index in [2.05, 4.69) is 0 Å². The van der Waals surface area contributed by atoms with Crippen LogP contribution in [0.2, 0.25) is 0 Å². The van der Waals surface area contributed by atoms with Gasteiger partial charge in [-0.05, 0) is 0 Å². The van der Waals surface area contributed by atoms with Crippen LogP contribution < -0.4 is 0 Å². The van der Waals surface area contributed by atoms with Crippen LogP contribution in [0.4, 0.5) is 0 Å². The summed E-state index contributed by atoms with van der Waals surface area (Å²) in [5, 5.41) is 0. The molecule has 1 nitrogen and oxygen atoms in total. The van der Waals surface area contributed by atoms with Gasteiger partial charge in [-0.1, -0.05) is 42.2 Å². The van der Waals surface area contributed by atoms with E-state index in [9.17, 15) is 0 Å². The number of alkyl halides is 3. The Kier molecular flexibility index (Phi) is 24.5. The molecule has 0 fully saturated rings. The van der Waals surface area contributed by atoms with Gasteiger partial charge in [0.05, 0.1) is 0 Å². The third kappa shape index (κ3) is 103. The molecule has 2 N–H and O–H groups in total. The van der Waals surface area contributed by atoms with E-state index in [1.54, 1.807) is 0 Å². The van der Waals surface area contributed by atoms with Crippen molar-refractivity contribution >= 4 is 34.8 Å². The topological polar surface area (TPSA) is 31.5 Å². The molecule has 0 amide bonds. The zero-order valence-electron chi connectivity index (χ0n) is 2.21. The number of hydrogen-bond acceptors (Lipinski definition) is 0. The van der Waals surface area contributed by atoms with E-state index < -0.39 is 4.30 Å². The van der Waals surface area contributed by atoms with E-state index in [1.165, 1.54) is 0 Å². The zero-order chi connectivity index (χ0) is 3.58. The first-order valence-electron chi connectivity index (χ1n) is 0.655. The summed E-state index contributed by atoms with van der Waals surface area (Å²) in [7, 11) is 0. The highest BCUT2D eigenvalue weighted by atomic mass is 35.6. The summed E-state index contributed by atoms with van der Waals surface area (Å²) < 4.78 is -0.750. The molecule has 0 spiro atoms. The fourth-order valence-electron chi connectivity index (χ4n) is 0. The predicted molar refractivity (Wildman–Crippen MR) is 31.7 cm³/mol. The molecular formula is C2H7Cl3O. The Bertz CT molecular complexity index is 13.5. The molecule has 0 heterocycles. The van der Waals surface area contributed by atoms with Gasteiger partial charge in [0.25, 0.3) is 0 Å². The molecule has 0 unspecified atom stereocenters. The van der Waals surface area contributed by atoms with Gasteiger partial charge in [-0.15, -0.1) is 0 Å². The summed E-state index contributed by atoms with van der Waals surface area (Å²) in [6, 6.07) is 0. The number of halogens is 3. The average molecular weight is 153 g/mol. The van der Waals surface area contributed by atoms with Crippen molar-refractivity contribution in [1.82, 2.24) is 0 Å². The van der Waals surface area contributed by atoms with Crippen molar-refractivity contribution in [1.29, 1.82) is 0 Å². The van der Waals surface area contributed by atoms with Crippen molar-refractivity contribution in [3.8, 4) is 0 Å². The molecule has 0 aromatic rings. The van der Waals surface area contributed by atoms with Gasteiger partial charge < -0.3 is 5.48 Å². The SMILES string of the molecule is C.ClC(Cl)Cl.O. The average Bonchev–Trinajstić information content (AvgIpc) is 0.811. The maximum absolute atomic E-state index is 4.81. The second-order valence-electron chi connectivity index (χ2n) is 0.247. The second-order valence-corrected chi connectivity index (χ2v) is 2.23. The molecule has 0 aliphatic rings. The molecule has 4 heteroatoms. The summed E-state index contributed by atoms with van der Waals surface area (Å²) >= 11 is 14.4. The molecule has 0 rings (SSSR count). The summed E-state index contributed by atoms with van der Waals surface area (Å²) in [5.74, 6) is 0. The van der Waals surface area contributed by atoms with Gasteiger partial charge in [-0.3, -0.25) is 0 Å². The number of rotatable bonds is 0. The lowest BCUT2D eigenvalue weighted by molar-refractivity contribution is 0.824. The highest BCUT2D eigenvalue weighted by Crippen LogP contribution is 2.03. The van der Waals surface area contributed by atoms with Crippen LogP contribution in [0.25, 0.3) is 0 Å². The Labute approximate surface area is 52.5 Å². The van der Waals surface area contributed by atoms with Crippen molar-refractivity contribution in [3.05, 3.63) is 0 Å². The van der Waals surface area contributed by atoms with E-state index >= 15 is 0 Å². The standard InChI is InChI=1S/CHCl3.CH4.H2O/c2-1(3)4;;/h1H;1H4;1H2. The smallest absolute Gasteiger partial charge is 0.180 e. The Hall–Kier alpha value is 0.830. The molecular weight excluding hydrogens is 146 g/mol. The van der Waals surface area contributed by atoms with Crippen LogP contribution in [0.15, 0.2) is 0 Å². The Balaban J connectivity index is -0.0000000450. The first-order valence-corrected chi connectivity index (χ1v) is 1.96.